The van der Waals surface area contributed by atoms with Crippen molar-refractivity contribution in [3.05, 3.63) is 45.5 Å². The highest BCUT2D eigenvalue weighted by atomic mass is 16.4. The molecule has 0 aromatic heterocycles. The average Bonchev–Trinajstić information content (AvgIpc) is 2.68. The van der Waals surface area contributed by atoms with Crippen LogP contribution in [0, 0.1) is 6.92 Å². The molecule has 0 atom stereocenters. The van der Waals surface area contributed by atoms with Gasteiger partial charge in [-0.15, -0.1) is 0 Å². The van der Waals surface area contributed by atoms with E-state index in [1.54, 1.807) is 6.21 Å². The molecule has 3 nitrogen and oxygen atoms in total. The van der Waals surface area contributed by atoms with Crippen LogP contribution in [0.5, 0.6) is 0 Å². The summed E-state index contributed by atoms with van der Waals surface area (Å²) in [6, 6.07) is 4.28. The molecule has 0 saturated heterocycles. The molecule has 0 unspecified atom stereocenters. The van der Waals surface area contributed by atoms with Gasteiger partial charge >= 0.3 is 0 Å². The Kier molecular flexibility index (Phi) is 4.21. The first-order valence-electron chi connectivity index (χ1n) is 7.23. The van der Waals surface area contributed by atoms with Gasteiger partial charge in [0.2, 0.25) is 0 Å². The largest absolute Gasteiger partial charge is 0.411 e. The molecule has 0 fully saturated rings. The molecule has 0 bridgehead atoms. The summed E-state index contributed by atoms with van der Waals surface area (Å²) < 4.78 is 0. The molecule has 0 amide bonds. The quantitative estimate of drug-likeness (QED) is 0.508. The van der Waals surface area contributed by atoms with Gasteiger partial charge in [0.1, 0.15) is 0 Å². The Balaban J connectivity index is 2.64. The van der Waals surface area contributed by atoms with Crippen LogP contribution in [0.2, 0.25) is 0 Å². The van der Waals surface area contributed by atoms with Gasteiger partial charge in [0.05, 0.1) is 6.21 Å². The maximum atomic E-state index is 9.04. The molecule has 1 aromatic carbocycles. The predicted molar refractivity (Wildman–Crippen MR) is 90.5 cm³/mol. The Hall–Kier alpha value is -2.03. The molecule has 0 saturated carbocycles. The maximum Gasteiger partial charge on any atom is 0.0743 e. The van der Waals surface area contributed by atoms with E-state index in [0.717, 1.165) is 23.2 Å². The monoisotopic (exact) mass is 284 g/mol. The fourth-order valence-electron chi connectivity index (χ4n) is 3.06. The fourth-order valence-corrected chi connectivity index (χ4v) is 3.06. The summed E-state index contributed by atoms with van der Waals surface area (Å²) in [5, 5.41) is 12.3. The first kappa shape index (κ1) is 15.4. The Labute approximate surface area is 127 Å². The van der Waals surface area contributed by atoms with Gasteiger partial charge in [-0.1, -0.05) is 16.8 Å². The first-order valence-corrected chi connectivity index (χ1v) is 7.23. The van der Waals surface area contributed by atoms with E-state index in [-0.39, 0.29) is 0 Å². The van der Waals surface area contributed by atoms with Crippen LogP contribution < -0.4 is 4.90 Å². The van der Waals surface area contributed by atoms with Crippen LogP contribution in [0.25, 0.3) is 5.57 Å². The summed E-state index contributed by atoms with van der Waals surface area (Å²) in [6.07, 6.45) is 2.53. The van der Waals surface area contributed by atoms with Gasteiger partial charge in [0.15, 0.2) is 0 Å². The molecule has 1 aliphatic rings. The van der Waals surface area contributed by atoms with Crippen LogP contribution in [0.3, 0.4) is 0 Å². The van der Waals surface area contributed by atoms with Crippen molar-refractivity contribution in [2.45, 2.75) is 34.1 Å². The van der Waals surface area contributed by atoms with Gasteiger partial charge in [0, 0.05) is 25.3 Å². The molecule has 1 N–H and O–H groups in total. The van der Waals surface area contributed by atoms with Gasteiger partial charge in [0.25, 0.3) is 0 Å². The van der Waals surface area contributed by atoms with Gasteiger partial charge < -0.3 is 10.1 Å². The molecule has 1 aliphatic carbocycles. The smallest absolute Gasteiger partial charge is 0.0743 e. The third kappa shape index (κ3) is 2.60. The van der Waals surface area contributed by atoms with Crippen LogP contribution in [0.4, 0.5) is 5.69 Å². The van der Waals surface area contributed by atoms with Gasteiger partial charge in [-0.3, -0.25) is 0 Å². The van der Waals surface area contributed by atoms with Gasteiger partial charge in [-0.05, 0) is 68.0 Å². The molecule has 3 heteroatoms. The van der Waals surface area contributed by atoms with E-state index >= 15 is 0 Å². The minimum atomic E-state index is 0.977. The zero-order valence-corrected chi connectivity index (χ0v) is 13.8. The third-order valence-electron chi connectivity index (χ3n) is 4.58. The second-order valence-corrected chi connectivity index (χ2v) is 6.00. The highest BCUT2D eigenvalue weighted by Crippen LogP contribution is 2.40. The summed E-state index contributed by atoms with van der Waals surface area (Å²) in [5.74, 6) is 0. The van der Waals surface area contributed by atoms with Crippen LogP contribution in [-0.2, 0) is 0 Å². The number of rotatable bonds is 3. The lowest BCUT2D eigenvalue weighted by Crippen LogP contribution is -2.12. The van der Waals surface area contributed by atoms with E-state index < -0.39 is 0 Å². The lowest BCUT2D eigenvalue weighted by molar-refractivity contribution is 0.322. The van der Waals surface area contributed by atoms with Crippen molar-refractivity contribution < 1.29 is 5.21 Å². The summed E-state index contributed by atoms with van der Waals surface area (Å²) in [5.41, 5.74) is 9.94. The van der Waals surface area contributed by atoms with E-state index in [2.05, 4.69) is 49.9 Å². The van der Waals surface area contributed by atoms with Crippen molar-refractivity contribution in [1.29, 1.82) is 0 Å². The Morgan fingerprint density at radius 1 is 1.10 bits per heavy atom. The van der Waals surface area contributed by atoms with E-state index in [1.165, 1.54) is 27.9 Å². The predicted octanol–water partition coefficient (Wildman–Crippen LogP) is 4.38. The van der Waals surface area contributed by atoms with E-state index in [9.17, 15) is 0 Å². The van der Waals surface area contributed by atoms with Crippen molar-refractivity contribution in [3.8, 4) is 0 Å². The Morgan fingerprint density at radius 3 is 2.24 bits per heavy atom. The van der Waals surface area contributed by atoms with Gasteiger partial charge in [-0.2, -0.15) is 0 Å². The molecular formula is C18H24N2O. The second kappa shape index (κ2) is 5.76. The van der Waals surface area contributed by atoms with Crippen molar-refractivity contribution in [1.82, 2.24) is 0 Å². The number of allylic oxidation sites excluding steroid dienone is 4. The van der Waals surface area contributed by atoms with E-state index in [1.807, 2.05) is 14.1 Å². The summed E-state index contributed by atoms with van der Waals surface area (Å²) >= 11 is 0. The summed E-state index contributed by atoms with van der Waals surface area (Å²) in [6.45, 7) is 8.62. The number of benzene rings is 1. The first-order chi connectivity index (χ1) is 9.88. The molecule has 0 heterocycles. The second-order valence-electron chi connectivity index (χ2n) is 6.00. The fraction of sp³-hybridized carbons (Fsp3) is 0.389. The highest BCUT2D eigenvalue weighted by Gasteiger charge is 2.20. The van der Waals surface area contributed by atoms with Crippen LogP contribution in [0.1, 0.15) is 43.9 Å². The SMILES string of the molecule is CC1=C(C)C(C)=C(c2ccc(N(C)C)c(C)c2/C=N/O)C1. The molecule has 112 valence electrons. The van der Waals surface area contributed by atoms with Crippen molar-refractivity contribution >= 4 is 17.5 Å². The average molecular weight is 284 g/mol. The third-order valence-corrected chi connectivity index (χ3v) is 4.58. The number of hydrogen-bond donors (Lipinski definition) is 1. The number of oxime groups is 1. The Morgan fingerprint density at radius 2 is 1.76 bits per heavy atom. The minimum absolute atomic E-state index is 0.977. The number of nitrogens with zero attached hydrogens (tertiary/aromatic N) is 2. The van der Waals surface area contributed by atoms with Crippen molar-refractivity contribution in [3.63, 3.8) is 0 Å². The highest BCUT2D eigenvalue weighted by molar-refractivity contribution is 5.94. The lowest BCUT2D eigenvalue weighted by Gasteiger charge is -2.20. The van der Waals surface area contributed by atoms with Crippen LogP contribution in [-0.4, -0.2) is 25.5 Å². The minimum Gasteiger partial charge on any atom is -0.411 e. The van der Waals surface area contributed by atoms with Crippen molar-refractivity contribution in [2.24, 2.45) is 5.16 Å². The molecule has 0 spiro atoms. The zero-order valence-electron chi connectivity index (χ0n) is 13.8. The molecule has 2 rings (SSSR count). The van der Waals surface area contributed by atoms with E-state index in [4.69, 9.17) is 5.21 Å². The molecule has 0 aliphatic heterocycles. The van der Waals surface area contributed by atoms with Crippen molar-refractivity contribution in [2.75, 3.05) is 19.0 Å². The zero-order chi connectivity index (χ0) is 15.7. The topological polar surface area (TPSA) is 35.8 Å². The van der Waals surface area contributed by atoms with E-state index in [0.29, 0.717) is 0 Å². The summed E-state index contributed by atoms with van der Waals surface area (Å²) in [4.78, 5) is 2.08. The summed E-state index contributed by atoms with van der Waals surface area (Å²) in [7, 11) is 4.05. The molecular weight excluding hydrogens is 260 g/mol. The molecule has 1 aromatic rings. The van der Waals surface area contributed by atoms with Crippen LogP contribution in [0.15, 0.2) is 34.0 Å². The lowest BCUT2D eigenvalue weighted by atomic mass is 9.92. The maximum absolute atomic E-state index is 9.04. The normalized spacial score (nSPS) is 15.5. The molecule has 0 radical (unpaired) electrons. The number of hydrogen-bond acceptors (Lipinski definition) is 3. The van der Waals surface area contributed by atoms with Crippen LogP contribution >= 0.6 is 0 Å². The standard InChI is InChI=1S/C18H24N2O/c1-11-9-16(13(3)12(11)2)15-7-8-18(20(5)6)14(4)17(15)10-19-21/h7-8,10,21H,9H2,1-6H3/b19-10+. The Bertz CT molecular complexity index is 664. The molecule has 21 heavy (non-hydrogen) atoms. The van der Waals surface area contributed by atoms with Gasteiger partial charge in [-0.25, -0.2) is 0 Å². The number of anilines is 1.